The van der Waals surface area contributed by atoms with Crippen LogP contribution in [0.3, 0.4) is 0 Å². The van der Waals surface area contributed by atoms with Gasteiger partial charge in [-0.3, -0.25) is 0 Å². The molecule has 1 aromatic rings. The third-order valence-corrected chi connectivity index (χ3v) is 4.13. The molecule has 3 rings (SSSR count). The second-order valence-electron chi connectivity index (χ2n) is 5.27. The molecule has 2 heterocycles. The number of anilines is 1. The molecule has 4 heteroatoms. The molecule has 18 heavy (non-hydrogen) atoms. The van der Waals surface area contributed by atoms with Crippen molar-refractivity contribution in [1.29, 1.82) is 0 Å². The maximum Gasteiger partial charge on any atom is 0.135 e. The van der Waals surface area contributed by atoms with Crippen molar-refractivity contribution in [2.24, 2.45) is 0 Å². The van der Waals surface area contributed by atoms with E-state index < -0.39 is 0 Å². The van der Waals surface area contributed by atoms with Gasteiger partial charge in [-0.05, 0) is 38.6 Å². The first-order valence-corrected chi connectivity index (χ1v) is 7.20. The molecule has 1 fully saturated rings. The number of aromatic nitrogens is 2. The number of rotatable bonds is 4. The molecule has 1 N–H and O–H groups in total. The van der Waals surface area contributed by atoms with Gasteiger partial charge in [-0.2, -0.15) is 0 Å². The Bertz CT molecular complexity index is 418. The lowest BCUT2D eigenvalue weighted by Gasteiger charge is -2.27. The van der Waals surface area contributed by atoms with Crippen LogP contribution < -0.4 is 10.2 Å². The highest BCUT2D eigenvalue weighted by Crippen LogP contribution is 2.31. The molecule has 4 nitrogen and oxygen atoms in total. The van der Waals surface area contributed by atoms with Gasteiger partial charge in [0.2, 0.25) is 0 Å². The van der Waals surface area contributed by atoms with Crippen LogP contribution in [0.4, 0.5) is 5.82 Å². The van der Waals surface area contributed by atoms with Crippen molar-refractivity contribution in [2.45, 2.75) is 45.1 Å². The number of aryl methyl sites for hydroxylation is 1. The van der Waals surface area contributed by atoms with Crippen molar-refractivity contribution < 1.29 is 0 Å². The third kappa shape index (κ3) is 2.09. The maximum absolute atomic E-state index is 4.58. The number of nitrogens with one attached hydrogen (secondary N) is 1. The molecular weight excluding hydrogens is 224 g/mol. The summed E-state index contributed by atoms with van der Waals surface area (Å²) >= 11 is 0. The molecule has 1 aromatic heterocycles. The second kappa shape index (κ2) is 5.22. The zero-order valence-corrected chi connectivity index (χ0v) is 11.2. The van der Waals surface area contributed by atoms with Gasteiger partial charge in [0, 0.05) is 30.4 Å². The summed E-state index contributed by atoms with van der Waals surface area (Å²) in [5.74, 6) is 1.22. The number of hydrogen-bond acceptors (Lipinski definition) is 4. The Morgan fingerprint density at radius 2 is 2.28 bits per heavy atom. The molecule has 1 aliphatic carbocycles. The lowest BCUT2D eigenvalue weighted by Crippen LogP contribution is -2.39. The smallest absolute Gasteiger partial charge is 0.135 e. The summed E-state index contributed by atoms with van der Waals surface area (Å²) in [5.41, 5.74) is 2.70. The van der Waals surface area contributed by atoms with Crippen LogP contribution >= 0.6 is 0 Å². The average molecular weight is 246 g/mol. The zero-order valence-electron chi connectivity index (χ0n) is 11.2. The summed E-state index contributed by atoms with van der Waals surface area (Å²) in [7, 11) is 0. The van der Waals surface area contributed by atoms with Crippen LogP contribution in [-0.2, 0) is 12.8 Å². The van der Waals surface area contributed by atoms with Crippen LogP contribution in [0.1, 0.15) is 37.4 Å². The molecule has 0 amide bonds. The van der Waals surface area contributed by atoms with Crippen LogP contribution in [0.2, 0.25) is 0 Å². The van der Waals surface area contributed by atoms with Crippen LogP contribution in [0.25, 0.3) is 0 Å². The Kier molecular flexibility index (Phi) is 3.46. The SMILES string of the molecule is CCNCC1CCCN1c1ncnc2c1CCC2. The van der Waals surface area contributed by atoms with Gasteiger partial charge in [0.25, 0.3) is 0 Å². The van der Waals surface area contributed by atoms with E-state index in [0.29, 0.717) is 6.04 Å². The van der Waals surface area contributed by atoms with E-state index >= 15 is 0 Å². The predicted octanol–water partition coefficient (Wildman–Crippen LogP) is 1.54. The molecular formula is C14H22N4. The van der Waals surface area contributed by atoms with Crippen LogP contribution in [0, 0.1) is 0 Å². The maximum atomic E-state index is 4.58. The fourth-order valence-corrected chi connectivity index (χ4v) is 3.23. The monoisotopic (exact) mass is 246 g/mol. The summed E-state index contributed by atoms with van der Waals surface area (Å²) in [6, 6.07) is 0.615. The van der Waals surface area contributed by atoms with Crippen molar-refractivity contribution in [3.63, 3.8) is 0 Å². The van der Waals surface area contributed by atoms with E-state index in [4.69, 9.17) is 0 Å². The fourth-order valence-electron chi connectivity index (χ4n) is 3.23. The molecule has 1 saturated heterocycles. The van der Waals surface area contributed by atoms with E-state index in [1.54, 1.807) is 6.33 Å². The number of likely N-dealkylation sites (N-methyl/N-ethyl adjacent to an activating group) is 1. The van der Waals surface area contributed by atoms with Crippen LogP contribution in [0.15, 0.2) is 6.33 Å². The van der Waals surface area contributed by atoms with E-state index in [0.717, 1.165) is 32.5 Å². The molecule has 1 aliphatic heterocycles. The van der Waals surface area contributed by atoms with Crippen molar-refractivity contribution in [3.05, 3.63) is 17.6 Å². The van der Waals surface area contributed by atoms with Gasteiger partial charge in [0.05, 0.1) is 0 Å². The minimum absolute atomic E-state index is 0.615. The average Bonchev–Trinajstić information content (AvgIpc) is 3.04. The van der Waals surface area contributed by atoms with Gasteiger partial charge in [-0.15, -0.1) is 0 Å². The first kappa shape index (κ1) is 11.9. The van der Waals surface area contributed by atoms with Gasteiger partial charge in [0.15, 0.2) is 0 Å². The highest BCUT2D eigenvalue weighted by Gasteiger charge is 2.29. The van der Waals surface area contributed by atoms with E-state index in [1.807, 2.05) is 0 Å². The predicted molar refractivity (Wildman–Crippen MR) is 73.0 cm³/mol. The quantitative estimate of drug-likeness (QED) is 0.875. The Morgan fingerprint density at radius 1 is 1.33 bits per heavy atom. The molecule has 0 saturated carbocycles. The molecule has 0 radical (unpaired) electrons. The summed E-state index contributed by atoms with van der Waals surface area (Å²) in [4.78, 5) is 11.5. The van der Waals surface area contributed by atoms with E-state index in [9.17, 15) is 0 Å². The standard InChI is InChI=1S/C14H22N4/c1-2-15-9-11-5-4-8-18(11)14-12-6-3-7-13(12)16-10-17-14/h10-11,15H,2-9H2,1H3. The summed E-state index contributed by atoms with van der Waals surface area (Å²) in [5, 5.41) is 3.47. The normalized spacial score (nSPS) is 22.5. The van der Waals surface area contributed by atoms with Gasteiger partial charge in [-0.1, -0.05) is 6.92 Å². The van der Waals surface area contributed by atoms with Crippen molar-refractivity contribution in [1.82, 2.24) is 15.3 Å². The van der Waals surface area contributed by atoms with Gasteiger partial charge in [0.1, 0.15) is 12.1 Å². The van der Waals surface area contributed by atoms with Crippen molar-refractivity contribution >= 4 is 5.82 Å². The number of hydrogen-bond donors (Lipinski definition) is 1. The zero-order chi connectivity index (χ0) is 12.4. The minimum Gasteiger partial charge on any atom is -0.352 e. The summed E-state index contributed by atoms with van der Waals surface area (Å²) in [6.45, 7) is 5.45. The van der Waals surface area contributed by atoms with Crippen molar-refractivity contribution in [3.8, 4) is 0 Å². The van der Waals surface area contributed by atoms with Gasteiger partial charge in [-0.25, -0.2) is 9.97 Å². The highest BCUT2D eigenvalue weighted by molar-refractivity contribution is 5.52. The first-order valence-electron chi connectivity index (χ1n) is 7.20. The fraction of sp³-hybridized carbons (Fsp3) is 0.714. The number of fused-ring (bicyclic) bond motifs is 1. The first-order chi connectivity index (χ1) is 8.90. The summed E-state index contributed by atoms with van der Waals surface area (Å²) in [6.07, 6.45) is 7.86. The molecule has 1 atom stereocenters. The Labute approximate surface area is 109 Å². The van der Waals surface area contributed by atoms with Gasteiger partial charge >= 0.3 is 0 Å². The largest absolute Gasteiger partial charge is 0.352 e. The lowest BCUT2D eigenvalue weighted by molar-refractivity contribution is 0.583. The number of nitrogens with zero attached hydrogens (tertiary/aromatic N) is 3. The molecule has 0 aromatic carbocycles. The third-order valence-electron chi connectivity index (χ3n) is 4.13. The topological polar surface area (TPSA) is 41.0 Å². The second-order valence-corrected chi connectivity index (χ2v) is 5.27. The molecule has 98 valence electrons. The molecule has 0 spiro atoms. The summed E-state index contributed by atoms with van der Waals surface area (Å²) < 4.78 is 0. The Hall–Kier alpha value is -1.16. The Morgan fingerprint density at radius 3 is 3.17 bits per heavy atom. The highest BCUT2D eigenvalue weighted by atomic mass is 15.2. The molecule has 1 unspecified atom stereocenters. The van der Waals surface area contributed by atoms with E-state index in [-0.39, 0.29) is 0 Å². The molecule has 0 bridgehead atoms. The Balaban J connectivity index is 1.83. The van der Waals surface area contributed by atoms with Crippen LogP contribution in [-0.4, -0.2) is 35.6 Å². The van der Waals surface area contributed by atoms with Crippen molar-refractivity contribution in [2.75, 3.05) is 24.5 Å². The van der Waals surface area contributed by atoms with Gasteiger partial charge < -0.3 is 10.2 Å². The van der Waals surface area contributed by atoms with Crippen LogP contribution in [0.5, 0.6) is 0 Å². The lowest BCUT2D eigenvalue weighted by atomic mass is 10.2. The molecule has 2 aliphatic rings. The van der Waals surface area contributed by atoms with E-state index in [1.165, 1.54) is 36.3 Å². The van der Waals surface area contributed by atoms with E-state index in [2.05, 4.69) is 27.1 Å². The minimum atomic E-state index is 0.615.